The van der Waals surface area contributed by atoms with Crippen LogP contribution in [-0.2, 0) is 20.7 Å². The van der Waals surface area contributed by atoms with Gasteiger partial charge in [0, 0.05) is 25.1 Å². The van der Waals surface area contributed by atoms with E-state index in [9.17, 15) is 9.59 Å². The summed E-state index contributed by atoms with van der Waals surface area (Å²) < 4.78 is 5.00. The smallest absolute Gasteiger partial charge is 0.310 e. The Labute approximate surface area is 116 Å². The lowest BCUT2D eigenvalue weighted by molar-refractivity contribution is -0.147. The summed E-state index contributed by atoms with van der Waals surface area (Å²) in [6.07, 6.45) is 3.58. The molecular formula is C12H17N3O3S. The quantitative estimate of drug-likeness (QED) is 0.780. The van der Waals surface area contributed by atoms with E-state index < -0.39 is 0 Å². The fourth-order valence-corrected chi connectivity index (χ4v) is 2.13. The number of carbonyl (C=O) groups excluding carboxylic acids is 2. The van der Waals surface area contributed by atoms with E-state index >= 15 is 0 Å². The number of ether oxygens (including phenoxy) is 1. The van der Waals surface area contributed by atoms with Gasteiger partial charge in [0.25, 0.3) is 0 Å². The summed E-state index contributed by atoms with van der Waals surface area (Å²) in [6.45, 7) is 3.54. The molecule has 1 aromatic rings. The summed E-state index contributed by atoms with van der Waals surface area (Å²) >= 11 is 1.11. The minimum atomic E-state index is -0.388. The summed E-state index contributed by atoms with van der Waals surface area (Å²) in [5, 5.41) is -0.0251. The molecule has 1 unspecified atom stereocenters. The van der Waals surface area contributed by atoms with Gasteiger partial charge in [-0.2, -0.15) is 0 Å². The van der Waals surface area contributed by atoms with Crippen molar-refractivity contribution in [3.8, 4) is 0 Å². The number of rotatable bonds is 6. The Bertz CT molecular complexity index is 436. The molecule has 1 aromatic heterocycles. The largest absolute Gasteiger partial charge is 0.466 e. The number of esters is 1. The maximum atomic E-state index is 11.8. The van der Waals surface area contributed by atoms with Crippen LogP contribution >= 0.6 is 11.8 Å². The molecule has 0 saturated heterocycles. The topological polar surface area (TPSA) is 95.2 Å². The van der Waals surface area contributed by atoms with E-state index in [0.717, 1.165) is 17.3 Å². The van der Waals surface area contributed by atoms with E-state index in [2.05, 4.69) is 9.97 Å². The predicted octanol–water partition coefficient (Wildman–Crippen LogP) is 1.06. The molecule has 0 saturated carbocycles. The maximum Gasteiger partial charge on any atom is 0.310 e. The van der Waals surface area contributed by atoms with Gasteiger partial charge >= 0.3 is 5.97 Å². The highest BCUT2D eigenvalue weighted by Crippen LogP contribution is 2.16. The van der Waals surface area contributed by atoms with Crippen molar-refractivity contribution in [2.45, 2.75) is 20.3 Å². The highest BCUT2D eigenvalue weighted by Gasteiger charge is 2.21. The average Bonchev–Trinajstić information content (AvgIpc) is 2.36. The van der Waals surface area contributed by atoms with Crippen molar-refractivity contribution in [2.24, 2.45) is 5.92 Å². The second-order valence-corrected chi connectivity index (χ2v) is 5.10. The Balaban J connectivity index is 2.69. The van der Waals surface area contributed by atoms with Crippen LogP contribution in [0, 0.1) is 5.92 Å². The Morgan fingerprint density at radius 3 is 2.58 bits per heavy atom. The van der Waals surface area contributed by atoms with E-state index in [4.69, 9.17) is 10.5 Å². The van der Waals surface area contributed by atoms with Gasteiger partial charge in [-0.3, -0.25) is 9.59 Å². The monoisotopic (exact) mass is 283 g/mol. The van der Waals surface area contributed by atoms with Crippen LogP contribution in [0.1, 0.15) is 19.4 Å². The number of thioether (sulfide) groups is 1. The minimum Gasteiger partial charge on any atom is -0.466 e. The molecule has 0 amide bonds. The van der Waals surface area contributed by atoms with Gasteiger partial charge in [-0.15, -0.1) is 0 Å². The Kier molecular flexibility index (Phi) is 6.27. The first-order valence-electron chi connectivity index (χ1n) is 5.89. The summed E-state index contributed by atoms with van der Waals surface area (Å²) in [7, 11) is 0. The van der Waals surface area contributed by atoms with Gasteiger partial charge in [0.2, 0.25) is 5.95 Å². The molecule has 104 valence electrons. The molecule has 1 rings (SSSR count). The van der Waals surface area contributed by atoms with Crippen LogP contribution in [0.4, 0.5) is 5.95 Å². The van der Waals surface area contributed by atoms with Crippen LogP contribution in [0.25, 0.3) is 0 Å². The fourth-order valence-electron chi connectivity index (χ4n) is 1.44. The number of aromatic nitrogens is 2. The molecule has 1 atom stereocenters. The van der Waals surface area contributed by atoms with Crippen molar-refractivity contribution in [2.75, 3.05) is 18.1 Å². The van der Waals surface area contributed by atoms with Gasteiger partial charge in [0.15, 0.2) is 5.12 Å². The van der Waals surface area contributed by atoms with E-state index in [1.54, 1.807) is 19.3 Å². The van der Waals surface area contributed by atoms with Crippen molar-refractivity contribution < 1.29 is 14.3 Å². The van der Waals surface area contributed by atoms with Crippen molar-refractivity contribution in [3.63, 3.8) is 0 Å². The Hall–Kier alpha value is -1.63. The van der Waals surface area contributed by atoms with Crippen LogP contribution in [0.2, 0.25) is 0 Å². The number of hydrogen-bond acceptors (Lipinski definition) is 7. The second kappa shape index (κ2) is 7.73. The van der Waals surface area contributed by atoms with Gasteiger partial charge in [0.1, 0.15) is 0 Å². The van der Waals surface area contributed by atoms with E-state index in [-0.39, 0.29) is 23.0 Å². The van der Waals surface area contributed by atoms with E-state index in [1.807, 2.05) is 0 Å². The molecule has 7 heteroatoms. The molecule has 6 nitrogen and oxygen atoms in total. The molecule has 0 aromatic carbocycles. The number of carbonyl (C=O) groups is 2. The molecule has 19 heavy (non-hydrogen) atoms. The number of nitrogen functional groups attached to an aromatic ring is 1. The van der Waals surface area contributed by atoms with Crippen LogP contribution in [-0.4, -0.2) is 33.4 Å². The first kappa shape index (κ1) is 15.4. The molecular weight excluding hydrogens is 266 g/mol. The van der Waals surface area contributed by atoms with Gasteiger partial charge in [0.05, 0.1) is 12.5 Å². The molecule has 1 heterocycles. The second-order valence-electron chi connectivity index (χ2n) is 3.91. The predicted molar refractivity (Wildman–Crippen MR) is 73.4 cm³/mol. The summed E-state index contributed by atoms with van der Waals surface area (Å²) in [4.78, 5) is 30.6. The van der Waals surface area contributed by atoms with Crippen LogP contribution < -0.4 is 5.73 Å². The molecule has 2 N–H and O–H groups in total. The molecule has 0 aliphatic rings. The third-order valence-electron chi connectivity index (χ3n) is 2.32. The van der Waals surface area contributed by atoms with Crippen molar-refractivity contribution in [1.82, 2.24) is 9.97 Å². The lowest BCUT2D eigenvalue weighted by atomic mass is 10.0. The molecule has 0 bridgehead atoms. The standard InChI is InChI=1S/C12H17N3O3S/c1-3-18-11(17)10(7-19-8(2)16)4-9-5-14-12(13)15-6-9/h5-6,10H,3-4,7H2,1-2H3,(H2,13,14,15). The first-order valence-corrected chi connectivity index (χ1v) is 6.87. The molecule has 0 aliphatic heterocycles. The third-order valence-corrected chi connectivity index (χ3v) is 3.29. The maximum absolute atomic E-state index is 11.8. The molecule has 0 aliphatic carbocycles. The molecule has 0 radical (unpaired) electrons. The minimum absolute atomic E-state index is 0.0251. The molecule has 0 spiro atoms. The number of nitrogens with zero attached hydrogens (tertiary/aromatic N) is 2. The zero-order chi connectivity index (χ0) is 14.3. The summed E-state index contributed by atoms with van der Waals surface area (Å²) in [5.74, 6) is -0.123. The number of nitrogens with two attached hydrogens (primary N) is 1. The van der Waals surface area contributed by atoms with E-state index in [1.165, 1.54) is 6.92 Å². The highest BCUT2D eigenvalue weighted by molar-refractivity contribution is 8.13. The van der Waals surface area contributed by atoms with Gasteiger partial charge in [-0.05, 0) is 18.9 Å². The van der Waals surface area contributed by atoms with Crippen LogP contribution in [0.5, 0.6) is 0 Å². The van der Waals surface area contributed by atoms with Crippen LogP contribution in [0.15, 0.2) is 12.4 Å². The van der Waals surface area contributed by atoms with E-state index in [0.29, 0.717) is 18.8 Å². The molecule has 0 fully saturated rings. The van der Waals surface area contributed by atoms with Gasteiger partial charge in [-0.25, -0.2) is 9.97 Å². The number of hydrogen-bond donors (Lipinski definition) is 1. The van der Waals surface area contributed by atoms with Gasteiger partial charge in [-0.1, -0.05) is 11.8 Å². The lowest BCUT2D eigenvalue weighted by Gasteiger charge is -2.14. The van der Waals surface area contributed by atoms with Crippen molar-refractivity contribution >= 4 is 28.8 Å². The lowest BCUT2D eigenvalue weighted by Crippen LogP contribution is -2.23. The van der Waals surface area contributed by atoms with Crippen LogP contribution in [0.3, 0.4) is 0 Å². The fraction of sp³-hybridized carbons (Fsp3) is 0.500. The number of anilines is 1. The third kappa shape index (κ3) is 5.69. The zero-order valence-corrected chi connectivity index (χ0v) is 11.8. The SMILES string of the molecule is CCOC(=O)C(CSC(C)=O)Cc1cnc(N)nc1. The highest BCUT2D eigenvalue weighted by atomic mass is 32.2. The van der Waals surface area contributed by atoms with Gasteiger partial charge < -0.3 is 10.5 Å². The summed E-state index contributed by atoms with van der Waals surface area (Å²) in [5.41, 5.74) is 6.19. The van der Waals surface area contributed by atoms with Crippen molar-refractivity contribution in [1.29, 1.82) is 0 Å². The first-order chi connectivity index (χ1) is 9.02. The Morgan fingerprint density at radius 1 is 1.42 bits per heavy atom. The zero-order valence-electron chi connectivity index (χ0n) is 11.0. The average molecular weight is 283 g/mol. The van der Waals surface area contributed by atoms with Crippen molar-refractivity contribution in [3.05, 3.63) is 18.0 Å². The Morgan fingerprint density at radius 2 is 2.05 bits per heavy atom. The summed E-state index contributed by atoms with van der Waals surface area (Å²) in [6, 6.07) is 0. The normalized spacial score (nSPS) is 11.9.